The quantitative estimate of drug-likeness (QED) is 0.922. The molecule has 2 rings (SSSR count). The maximum Gasteiger partial charge on any atom is 0.130 e. The molecule has 0 unspecified atom stereocenters. The van der Waals surface area contributed by atoms with Crippen molar-refractivity contribution >= 4 is 27.4 Å². The third-order valence-electron chi connectivity index (χ3n) is 2.74. The molecule has 1 N–H and O–H groups in total. The fourth-order valence-corrected chi connectivity index (χ4v) is 1.87. The van der Waals surface area contributed by atoms with Gasteiger partial charge in [0, 0.05) is 16.4 Å². The summed E-state index contributed by atoms with van der Waals surface area (Å²) in [5.74, 6) is 1.70. The molecule has 1 aromatic heterocycles. The standard InChI is InChI=1S/C14H15BrN2O/c1-9-7-14(16-8-12(9)15)17-13-5-4-11(18-3)6-10(13)2/h4-8H,1-3H3,(H,16,17). The van der Waals surface area contributed by atoms with Crippen LogP contribution in [0.3, 0.4) is 0 Å². The zero-order valence-corrected chi connectivity index (χ0v) is 12.2. The Morgan fingerprint density at radius 2 is 1.94 bits per heavy atom. The van der Waals surface area contributed by atoms with E-state index in [9.17, 15) is 0 Å². The van der Waals surface area contributed by atoms with Crippen LogP contribution in [0.25, 0.3) is 0 Å². The normalized spacial score (nSPS) is 10.2. The zero-order chi connectivity index (χ0) is 13.1. The summed E-state index contributed by atoms with van der Waals surface area (Å²) >= 11 is 3.44. The van der Waals surface area contributed by atoms with Crippen molar-refractivity contribution in [2.75, 3.05) is 12.4 Å². The van der Waals surface area contributed by atoms with Gasteiger partial charge in [-0.15, -0.1) is 0 Å². The number of halogens is 1. The third kappa shape index (κ3) is 2.82. The summed E-state index contributed by atoms with van der Waals surface area (Å²) in [4.78, 5) is 4.33. The highest BCUT2D eigenvalue weighted by atomic mass is 79.9. The highest BCUT2D eigenvalue weighted by Gasteiger charge is 2.03. The monoisotopic (exact) mass is 306 g/mol. The van der Waals surface area contributed by atoms with Gasteiger partial charge in [-0.25, -0.2) is 4.98 Å². The van der Waals surface area contributed by atoms with Crippen molar-refractivity contribution in [2.45, 2.75) is 13.8 Å². The van der Waals surface area contributed by atoms with Gasteiger partial charge in [0.1, 0.15) is 11.6 Å². The Kier molecular flexibility index (Phi) is 3.87. The van der Waals surface area contributed by atoms with E-state index >= 15 is 0 Å². The Morgan fingerprint density at radius 1 is 1.17 bits per heavy atom. The van der Waals surface area contributed by atoms with Crippen LogP contribution >= 0.6 is 15.9 Å². The number of aryl methyl sites for hydroxylation is 2. The number of nitrogens with zero attached hydrogens (tertiary/aromatic N) is 1. The van der Waals surface area contributed by atoms with E-state index in [1.165, 1.54) is 0 Å². The van der Waals surface area contributed by atoms with Crippen LogP contribution in [0.4, 0.5) is 11.5 Å². The molecule has 2 aromatic rings. The smallest absolute Gasteiger partial charge is 0.130 e. The average molecular weight is 307 g/mol. The van der Waals surface area contributed by atoms with Crippen LogP contribution in [-0.4, -0.2) is 12.1 Å². The average Bonchev–Trinajstić information content (AvgIpc) is 2.36. The minimum Gasteiger partial charge on any atom is -0.497 e. The van der Waals surface area contributed by atoms with E-state index in [-0.39, 0.29) is 0 Å². The number of hydrogen-bond donors (Lipinski definition) is 1. The molecule has 4 heteroatoms. The molecule has 1 aromatic carbocycles. The second kappa shape index (κ2) is 5.40. The largest absolute Gasteiger partial charge is 0.497 e. The predicted molar refractivity (Wildman–Crippen MR) is 77.7 cm³/mol. The number of rotatable bonds is 3. The first-order valence-electron chi connectivity index (χ1n) is 5.64. The first-order chi connectivity index (χ1) is 8.60. The Hall–Kier alpha value is -1.55. The van der Waals surface area contributed by atoms with E-state index in [1.54, 1.807) is 13.3 Å². The number of benzene rings is 1. The van der Waals surface area contributed by atoms with E-state index in [4.69, 9.17) is 4.74 Å². The number of hydrogen-bond acceptors (Lipinski definition) is 3. The van der Waals surface area contributed by atoms with Crippen LogP contribution in [-0.2, 0) is 0 Å². The van der Waals surface area contributed by atoms with Crippen LogP contribution in [0.15, 0.2) is 34.9 Å². The molecular weight excluding hydrogens is 292 g/mol. The number of ether oxygens (including phenoxy) is 1. The molecule has 0 bridgehead atoms. The number of pyridine rings is 1. The summed E-state index contributed by atoms with van der Waals surface area (Å²) in [5, 5.41) is 3.30. The Balaban J connectivity index is 2.25. The summed E-state index contributed by atoms with van der Waals surface area (Å²) in [7, 11) is 1.67. The van der Waals surface area contributed by atoms with Crippen molar-refractivity contribution in [3.63, 3.8) is 0 Å². The first kappa shape index (κ1) is 12.9. The van der Waals surface area contributed by atoms with Crippen molar-refractivity contribution < 1.29 is 4.74 Å². The van der Waals surface area contributed by atoms with Gasteiger partial charge < -0.3 is 10.1 Å². The fourth-order valence-electron chi connectivity index (χ4n) is 1.65. The third-order valence-corrected chi connectivity index (χ3v) is 3.57. The summed E-state index contributed by atoms with van der Waals surface area (Å²) in [6, 6.07) is 7.93. The van der Waals surface area contributed by atoms with Gasteiger partial charge in [0.05, 0.1) is 7.11 Å². The van der Waals surface area contributed by atoms with E-state index in [1.807, 2.05) is 38.1 Å². The van der Waals surface area contributed by atoms with Crippen LogP contribution < -0.4 is 10.1 Å². The molecule has 0 radical (unpaired) electrons. The van der Waals surface area contributed by atoms with Crippen LogP contribution in [0.5, 0.6) is 5.75 Å². The molecule has 0 amide bonds. The number of aromatic nitrogens is 1. The van der Waals surface area contributed by atoms with E-state index < -0.39 is 0 Å². The lowest BCUT2D eigenvalue weighted by Crippen LogP contribution is -1.97. The van der Waals surface area contributed by atoms with Crippen LogP contribution in [0.2, 0.25) is 0 Å². The number of nitrogens with one attached hydrogen (secondary N) is 1. The van der Waals surface area contributed by atoms with Crippen molar-refractivity contribution in [3.05, 3.63) is 46.1 Å². The predicted octanol–water partition coefficient (Wildman–Crippen LogP) is 4.21. The minimum absolute atomic E-state index is 0.837. The van der Waals surface area contributed by atoms with Crippen molar-refractivity contribution in [2.24, 2.45) is 0 Å². The molecule has 0 spiro atoms. The highest BCUT2D eigenvalue weighted by Crippen LogP contribution is 2.25. The van der Waals surface area contributed by atoms with Gasteiger partial charge in [0.2, 0.25) is 0 Å². The molecule has 94 valence electrons. The molecule has 1 heterocycles. The van der Waals surface area contributed by atoms with Crippen molar-refractivity contribution in [1.82, 2.24) is 4.98 Å². The first-order valence-corrected chi connectivity index (χ1v) is 6.43. The summed E-state index contributed by atoms with van der Waals surface area (Å²) in [6.07, 6.45) is 1.80. The Bertz CT molecular complexity index is 570. The lowest BCUT2D eigenvalue weighted by atomic mass is 10.2. The molecule has 0 fully saturated rings. The summed E-state index contributed by atoms with van der Waals surface area (Å²) < 4.78 is 6.20. The molecule has 0 atom stereocenters. The Labute approximate surface area is 115 Å². The molecule has 0 aliphatic rings. The van der Waals surface area contributed by atoms with Gasteiger partial charge in [-0.05, 0) is 65.2 Å². The van der Waals surface area contributed by atoms with Gasteiger partial charge in [0.15, 0.2) is 0 Å². The zero-order valence-electron chi connectivity index (χ0n) is 10.6. The maximum atomic E-state index is 5.19. The molecular formula is C14H15BrN2O. The highest BCUT2D eigenvalue weighted by molar-refractivity contribution is 9.10. The van der Waals surface area contributed by atoms with E-state index in [0.717, 1.165) is 32.9 Å². The molecule has 0 saturated heterocycles. The molecule has 18 heavy (non-hydrogen) atoms. The molecule has 0 aliphatic carbocycles. The number of methoxy groups -OCH3 is 1. The van der Waals surface area contributed by atoms with Gasteiger partial charge in [-0.1, -0.05) is 0 Å². The molecule has 0 aliphatic heterocycles. The maximum absolute atomic E-state index is 5.19. The number of anilines is 2. The fraction of sp³-hybridized carbons (Fsp3) is 0.214. The van der Waals surface area contributed by atoms with Crippen molar-refractivity contribution in [1.29, 1.82) is 0 Å². The van der Waals surface area contributed by atoms with Gasteiger partial charge in [-0.2, -0.15) is 0 Å². The molecule has 0 saturated carbocycles. The van der Waals surface area contributed by atoms with E-state index in [2.05, 4.69) is 26.2 Å². The SMILES string of the molecule is COc1ccc(Nc2cc(C)c(Br)cn2)c(C)c1. The van der Waals surface area contributed by atoms with Crippen LogP contribution in [0, 0.1) is 13.8 Å². The summed E-state index contributed by atoms with van der Waals surface area (Å²) in [5.41, 5.74) is 3.31. The second-order valence-corrected chi connectivity index (χ2v) is 4.98. The van der Waals surface area contributed by atoms with E-state index in [0.29, 0.717) is 0 Å². The van der Waals surface area contributed by atoms with Gasteiger partial charge >= 0.3 is 0 Å². The van der Waals surface area contributed by atoms with Crippen molar-refractivity contribution in [3.8, 4) is 5.75 Å². The lowest BCUT2D eigenvalue weighted by Gasteiger charge is -2.11. The second-order valence-electron chi connectivity index (χ2n) is 4.12. The molecule has 3 nitrogen and oxygen atoms in total. The van der Waals surface area contributed by atoms with Gasteiger partial charge in [-0.3, -0.25) is 0 Å². The summed E-state index contributed by atoms with van der Waals surface area (Å²) in [6.45, 7) is 4.08. The topological polar surface area (TPSA) is 34.1 Å². The lowest BCUT2D eigenvalue weighted by molar-refractivity contribution is 0.414. The van der Waals surface area contributed by atoms with Gasteiger partial charge in [0.25, 0.3) is 0 Å². The Morgan fingerprint density at radius 3 is 2.56 bits per heavy atom. The van der Waals surface area contributed by atoms with Crippen LogP contribution in [0.1, 0.15) is 11.1 Å². The minimum atomic E-state index is 0.837.